The molecular weight excluding hydrogens is 464 g/mol. The summed E-state index contributed by atoms with van der Waals surface area (Å²) in [5.74, 6) is 1.12. The number of carbonyl (C=O) groups is 2. The zero-order chi connectivity index (χ0) is 26.1. The normalized spacial score (nSPS) is 10.8. The molecule has 0 radical (unpaired) electrons. The summed E-state index contributed by atoms with van der Waals surface area (Å²) in [5, 5.41) is 0. The van der Waals surface area contributed by atoms with Gasteiger partial charge < -0.3 is 28.4 Å². The molecule has 3 rings (SSSR count). The van der Waals surface area contributed by atoms with Gasteiger partial charge in [0.2, 0.25) is 0 Å². The Morgan fingerprint density at radius 1 is 0.750 bits per heavy atom. The van der Waals surface area contributed by atoms with Gasteiger partial charge in [-0.25, -0.2) is 4.79 Å². The number of methoxy groups -OCH3 is 2. The maximum Gasteiger partial charge on any atom is 0.346 e. The molecule has 0 heterocycles. The Labute approximate surface area is 210 Å². The summed E-state index contributed by atoms with van der Waals surface area (Å²) in [5.41, 5.74) is 0.874. The van der Waals surface area contributed by atoms with Gasteiger partial charge in [0, 0.05) is 0 Å². The van der Waals surface area contributed by atoms with Crippen molar-refractivity contribution in [3.63, 3.8) is 0 Å². The molecule has 8 nitrogen and oxygen atoms in total. The van der Waals surface area contributed by atoms with Crippen molar-refractivity contribution in [1.82, 2.24) is 0 Å². The zero-order valence-corrected chi connectivity index (χ0v) is 21.0. The van der Waals surface area contributed by atoms with Gasteiger partial charge in [-0.05, 0) is 68.3 Å². The Bertz CT molecular complexity index is 1160. The molecule has 0 N–H and O–H groups in total. The van der Waals surface area contributed by atoms with E-state index in [0.29, 0.717) is 11.5 Å². The van der Waals surface area contributed by atoms with Crippen LogP contribution in [0.2, 0.25) is 0 Å². The van der Waals surface area contributed by atoms with Crippen LogP contribution in [0, 0.1) is 0 Å². The number of hydrogen-bond donors (Lipinski definition) is 0. The Morgan fingerprint density at radius 2 is 1.25 bits per heavy atom. The van der Waals surface area contributed by atoms with Crippen LogP contribution in [0.1, 0.15) is 42.3 Å². The van der Waals surface area contributed by atoms with Gasteiger partial charge in [-0.15, -0.1) is 0 Å². The van der Waals surface area contributed by atoms with E-state index in [0.717, 1.165) is 16.9 Å². The molecule has 0 fully saturated rings. The van der Waals surface area contributed by atoms with E-state index in [1.165, 1.54) is 6.07 Å². The molecule has 0 aliphatic heterocycles. The van der Waals surface area contributed by atoms with Crippen molar-refractivity contribution in [3.8, 4) is 28.7 Å². The second kappa shape index (κ2) is 12.0. The molecule has 0 atom stereocenters. The van der Waals surface area contributed by atoms with E-state index in [-0.39, 0.29) is 36.7 Å². The van der Waals surface area contributed by atoms with Gasteiger partial charge in [-0.2, -0.15) is 0 Å². The minimum atomic E-state index is -0.789. The smallest absolute Gasteiger partial charge is 0.346 e. The van der Waals surface area contributed by atoms with Crippen molar-refractivity contribution in [2.24, 2.45) is 0 Å². The van der Waals surface area contributed by atoms with Gasteiger partial charge >= 0.3 is 5.97 Å². The highest BCUT2D eigenvalue weighted by molar-refractivity contribution is 5.97. The van der Waals surface area contributed by atoms with Crippen molar-refractivity contribution < 1.29 is 38.0 Å². The van der Waals surface area contributed by atoms with Crippen molar-refractivity contribution in [2.45, 2.75) is 39.6 Å². The van der Waals surface area contributed by atoms with Gasteiger partial charge in [0.05, 0.1) is 14.2 Å². The first-order chi connectivity index (χ1) is 17.2. The van der Waals surface area contributed by atoms with Crippen LogP contribution in [0.3, 0.4) is 0 Å². The summed E-state index contributed by atoms with van der Waals surface area (Å²) in [6.07, 6.45) is 0. The van der Waals surface area contributed by atoms with Crippen molar-refractivity contribution in [3.05, 3.63) is 77.4 Å². The molecule has 0 saturated heterocycles. The summed E-state index contributed by atoms with van der Waals surface area (Å²) in [7, 11) is 3.18. The third-order valence-electron chi connectivity index (χ3n) is 4.96. The molecular formula is C28H30O8. The molecule has 0 aromatic heterocycles. The van der Waals surface area contributed by atoms with Gasteiger partial charge in [0.15, 0.2) is 11.5 Å². The highest BCUT2D eigenvalue weighted by Gasteiger charge is 2.28. The van der Waals surface area contributed by atoms with Crippen LogP contribution in [-0.2, 0) is 22.7 Å². The summed E-state index contributed by atoms with van der Waals surface area (Å²) >= 11 is 0. The maximum absolute atomic E-state index is 13.2. The Hall–Kier alpha value is -4.20. The SMILES string of the molecule is COc1ccc(COc2ccc(OC=O)c(C(=O)OC(C)(C)C)c2OCc2ccc(OC)cc2)cc1. The number of esters is 1. The summed E-state index contributed by atoms with van der Waals surface area (Å²) in [6.45, 7) is 5.79. The summed E-state index contributed by atoms with van der Waals surface area (Å²) < 4.78 is 33.2. The van der Waals surface area contributed by atoms with Crippen LogP contribution in [0.15, 0.2) is 60.7 Å². The molecule has 0 aliphatic rings. The Balaban J connectivity index is 1.97. The first kappa shape index (κ1) is 26.4. The lowest BCUT2D eigenvalue weighted by molar-refractivity contribution is -0.120. The number of rotatable bonds is 11. The number of benzene rings is 3. The van der Waals surface area contributed by atoms with E-state index >= 15 is 0 Å². The Morgan fingerprint density at radius 3 is 1.72 bits per heavy atom. The summed E-state index contributed by atoms with van der Waals surface area (Å²) in [4.78, 5) is 24.3. The molecule has 0 aliphatic carbocycles. The molecule has 0 amide bonds. The van der Waals surface area contributed by atoms with E-state index in [2.05, 4.69) is 0 Å². The average molecular weight is 495 g/mol. The molecule has 0 unspecified atom stereocenters. The monoisotopic (exact) mass is 494 g/mol. The van der Waals surface area contributed by atoms with Crippen LogP contribution in [0.25, 0.3) is 0 Å². The molecule has 3 aromatic carbocycles. The highest BCUT2D eigenvalue weighted by atomic mass is 16.6. The zero-order valence-electron chi connectivity index (χ0n) is 21.0. The van der Waals surface area contributed by atoms with Crippen molar-refractivity contribution in [1.29, 1.82) is 0 Å². The van der Waals surface area contributed by atoms with Crippen molar-refractivity contribution >= 4 is 12.4 Å². The first-order valence-corrected chi connectivity index (χ1v) is 11.3. The summed E-state index contributed by atoms with van der Waals surface area (Å²) in [6, 6.07) is 17.7. The topological polar surface area (TPSA) is 89.5 Å². The third kappa shape index (κ3) is 7.15. The fourth-order valence-electron chi connectivity index (χ4n) is 3.24. The van der Waals surface area contributed by atoms with Crippen LogP contribution in [0.5, 0.6) is 28.7 Å². The highest BCUT2D eigenvalue weighted by Crippen LogP contribution is 2.40. The van der Waals surface area contributed by atoms with Crippen LogP contribution >= 0.6 is 0 Å². The Kier molecular flexibility index (Phi) is 8.78. The van der Waals surface area contributed by atoms with Gasteiger partial charge in [-0.1, -0.05) is 24.3 Å². The molecule has 0 spiro atoms. The molecule has 0 saturated carbocycles. The van der Waals surface area contributed by atoms with Crippen LogP contribution in [-0.4, -0.2) is 32.3 Å². The van der Waals surface area contributed by atoms with E-state index in [9.17, 15) is 9.59 Å². The van der Waals surface area contributed by atoms with Gasteiger partial charge in [0.1, 0.15) is 41.6 Å². The van der Waals surface area contributed by atoms with E-state index in [1.807, 2.05) is 36.4 Å². The average Bonchev–Trinajstić information content (AvgIpc) is 2.86. The standard InChI is InChI=1S/C28H30O8/c1-28(2,3)36-27(30)25-23(35-18-29)14-15-24(33-16-19-6-10-21(31-4)11-7-19)26(25)34-17-20-8-12-22(32-5)13-9-20/h6-15,18H,16-17H2,1-5H3. The van der Waals surface area contributed by atoms with Gasteiger partial charge in [0.25, 0.3) is 6.47 Å². The minimum absolute atomic E-state index is 0.000721. The molecule has 0 bridgehead atoms. The van der Waals surface area contributed by atoms with E-state index < -0.39 is 11.6 Å². The lowest BCUT2D eigenvalue weighted by Crippen LogP contribution is -2.25. The minimum Gasteiger partial charge on any atom is -0.497 e. The van der Waals surface area contributed by atoms with E-state index in [4.69, 9.17) is 28.4 Å². The molecule has 3 aromatic rings. The second-order valence-electron chi connectivity index (χ2n) is 8.76. The van der Waals surface area contributed by atoms with Gasteiger partial charge in [-0.3, -0.25) is 4.79 Å². The first-order valence-electron chi connectivity index (χ1n) is 11.3. The quantitative estimate of drug-likeness (QED) is 0.260. The van der Waals surface area contributed by atoms with Crippen LogP contribution < -0.4 is 23.7 Å². The lowest BCUT2D eigenvalue weighted by atomic mass is 10.1. The predicted octanol–water partition coefficient (Wildman–Crippen LogP) is 5.35. The second-order valence-corrected chi connectivity index (χ2v) is 8.76. The predicted molar refractivity (Wildman–Crippen MR) is 133 cm³/mol. The third-order valence-corrected chi connectivity index (χ3v) is 4.96. The largest absolute Gasteiger partial charge is 0.497 e. The molecule has 8 heteroatoms. The number of hydrogen-bond acceptors (Lipinski definition) is 8. The number of ether oxygens (including phenoxy) is 6. The number of carbonyl (C=O) groups excluding carboxylic acids is 2. The molecule has 190 valence electrons. The molecule has 36 heavy (non-hydrogen) atoms. The fraction of sp³-hybridized carbons (Fsp3) is 0.286. The van der Waals surface area contributed by atoms with Crippen molar-refractivity contribution in [2.75, 3.05) is 14.2 Å². The van der Waals surface area contributed by atoms with Crippen LogP contribution in [0.4, 0.5) is 0 Å². The lowest BCUT2D eigenvalue weighted by Gasteiger charge is -2.22. The maximum atomic E-state index is 13.2. The van der Waals surface area contributed by atoms with E-state index in [1.54, 1.807) is 53.2 Å². The fourth-order valence-corrected chi connectivity index (χ4v) is 3.24.